The highest BCUT2D eigenvalue weighted by Gasteiger charge is 2.27. The Balaban J connectivity index is 2.48. The van der Waals surface area contributed by atoms with E-state index in [1.165, 1.54) is 0 Å². The molecule has 0 fully saturated rings. The van der Waals surface area contributed by atoms with Crippen molar-refractivity contribution in [1.82, 2.24) is 10.6 Å². The van der Waals surface area contributed by atoms with Crippen LogP contribution in [0.2, 0.25) is 0 Å². The summed E-state index contributed by atoms with van der Waals surface area (Å²) in [7, 11) is 0. The summed E-state index contributed by atoms with van der Waals surface area (Å²) in [6.07, 6.45) is -1.25. The lowest BCUT2D eigenvalue weighted by atomic mass is 10.1. The smallest absolute Gasteiger partial charge is 0.407 e. The Bertz CT molecular complexity index is 683. The number of carbonyl (C=O) groups excluding carboxylic acids is 3. The molecular formula is C19H26N2O7. The molecule has 0 unspecified atom stereocenters. The van der Waals surface area contributed by atoms with Crippen molar-refractivity contribution >= 4 is 23.9 Å². The van der Waals surface area contributed by atoms with Gasteiger partial charge in [0.2, 0.25) is 5.91 Å². The van der Waals surface area contributed by atoms with Crippen molar-refractivity contribution in [2.45, 2.75) is 51.9 Å². The van der Waals surface area contributed by atoms with E-state index in [0.29, 0.717) is 0 Å². The average Bonchev–Trinajstić information content (AvgIpc) is 2.60. The molecule has 0 spiro atoms. The minimum Gasteiger partial charge on any atom is -0.481 e. The molecule has 0 heterocycles. The van der Waals surface area contributed by atoms with Gasteiger partial charge in [-0.25, -0.2) is 9.59 Å². The molecule has 1 aromatic carbocycles. The van der Waals surface area contributed by atoms with Gasteiger partial charge in [0.05, 0.1) is 0 Å². The Kier molecular flexibility index (Phi) is 8.94. The third kappa shape index (κ3) is 10.1. The number of alkyl carbamates (subject to hydrolysis) is 1. The van der Waals surface area contributed by atoms with Crippen LogP contribution in [-0.4, -0.2) is 47.2 Å². The molecule has 0 bridgehead atoms. The SMILES string of the molecule is CC(C)(C)OC(=O)[C@H](CCC(=O)O)NC(=O)CNC(=O)OCc1ccccc1. The van der Waals surface area contributed by atoms with E-state index >= 15 is 0 Å². The Morgan fingerprint density at radius 1 is 1.11 bits per heavy atom. The molecule has 9 nitrogen and oxygen atoms in total. The molecule has 0 saturated heterocycles. The summed E-state index contributed by atoms with van der Waals surface area (Å²) < 4.78 is 10.2. The summed E-state index contributed by atoms with van der Waals surface area (Å²) in [5, 5.41) is 13.4. The van der Waals surface area contributed by atoms with Crippen LogP contribution in [0.1, 0.15) is 39.2 Å². The quantitative estimate of drug-likeness (QED) is 0.542. The first-order chi connectivity index (χ1) is 13.1. The zero-order chi connectivity index (χ0) is 21.2. The first-order valence-electron chi connectivity index (χ1n) is 8.75. The number of aliphatic carboxylic acids is 1. The van der Waals surface area contributed by atoms with Gasteiger partial charge in [-0.3, -0.25) is 9.59 Å². The molecule has 2 amide bonds. The number of carboxylic acids is 1. The lowest BCUT2D eigenvalue weighted by molar-refractivity contribution is -0.159. The third-order valence-corrected chi connectivity index (χ3v) is 3.28. The average molecular weight is 394 g/mol. The normalized spacial score (nSPS) is 11.8. The van der Waals surface area contributed by atoms with E-state index in [9.17, 15) is 19.2 Å². The van der Waals surface area contributed by atoms with Crippen LogP contribution >= 0.6 is 0 Å². The Morgan fingerprint density at radius 3 is 2.32 bits per heavy atom. The predicted molar refractivity (Wildman–Crippen MR) is 99.3 cm³/mol. The zero-order valence-electron chi connectivity index (χ0n) is 16.2. The lowest BCUT2D eigenvalue weighted by Gasteiger charge is -2.24. The fraction of sp³-hybridized carbons (Fsp3) is 0.474. The standard InChI is InChI=1S/C19H26N2O7/c1-19(2,3)28-17(25)14(9-10-16(23)24)21-15(22)11-20-18(26)27-12-13-7-5-4-6-8-13/h4-8,14H,9-12H2,1-3H3,(H,20,26)(H,21,22)(H,23,24)/t14-/m0/s1. The van der Waals surface area contributed by atoms with Crippen LogP contribution in [0.15, 0.2) is 30.3 Å². The molecule has 0 radical (unpaired) electrons. The van der Waals surface area contributed by atoms with E-state index in [1.807, 2.05) is 6.07 Å². The third-order valence-electron chi connectivity index (χ3n) is 3.28. The number of rotatable bonds is 9. The molecule has 0 saturated carbocycles. The fourth-order valence-corrected chi connectivity index (χ4v) is 2.06. The van der Waals surface area contributed by atoms with Gasteiger partial charge in [-0.05, 0) is 32.8 Å². The van der Waals surface area contributed by atoms with Gasteiger partial charge in [0.1, 0.15) is 24.8 Å². The molecule has 28 heavy (non-hydrogen) atoms. The molecule has 1 atom stereocenters. The van der Waals surface area contributed by atoms with Crippen molar-refractivity contribution < 1.29 is 33.8 Å². The van der Waals surface area contributed by atoms with Crippen LogP contribution in [0.3, 0.4) is 0 Å². The summed E-state index contributed by atoms with van der Waals surface area (Å²) in [5.41, 5.74) is 0.00346. The van der Waals surface area contributed by atoms with E-state index in [2.05, 4.69) is 10.6 Å². The number of hydrogen-bond donors (Lipinski definition) is 3. The van der Waals surface area contributed by atoms with Crippen molar-refractivity contribution in [2.75, 3.05) is 6.54 Å². The van der Waals surface area contributed by atoms with Crippen LogP contribution in [0, 0.1) is 0 Å². The molecule has 0 aliphatic carbocycles. The molecule has 3 N–H and O–H groups in total. The second-order valence-electron chi connectivity index (χ2n) is 7.00. The lowest BCUT2D eigenvalue weighted by Crippen LogP contribution is -2.47. The largest absolute Gasteiger partial charge is 0.481 e. The number of benzene rings is 1. The van der Waals surface area contributed by atoms with Crippen molar-refractivity contribution in [3.05, 3.63) is 35.9 Å². The number of nitrogens with one attached hydrogen (secondary N) is 2. The van der Waals surface area contributed by atoms with Crippen LogP contribution in [0.5, 0.6) is 0 Å². The highest BCUT2D eigenvalue weighted by Crippen LogP contribution is 2.11. The van der Waals surface area contributed by atoms with Gasteiger partial charge >= 0.3 is 18.0 Å². The number of carbonyl (C=O) groups is 4. The monoisotopic (exact) mass is 394 g/mol. The highest BCUT2D eigenvalue weighted by atomic mass is 16.6. The van der Waals surface area contributed by atoms with Gasteiger partial charge < -0.3 is 25.2 Å². The molecule has 0 aromatic heterocycles. The van der Waals surface area contributed by atoms with Crippen LogP contribution in [0.4, 0.5) is 4.79 Å². The van der Waals surface area contributed by atoms with Crippen LogP contribution in [0.25, 0.3) is 0 Å². The van der Waals surface area contributed by atoms with E-state index in [0.717, 1.165) is 5.56 Å². The maximum atomic E-state index is 12.2. The van der Waals surface area contributed by atoms with Crippen molar-refractivity contribution in [3.8, 4) is 0 Å². The summed E-state index contributed by atoms with van der Waals surface area (Å²) >= 11 is 0. The number of hydrogen-bond acceptors (Lipinski definition) is 6. The van der Waals surface area contributed by atoms with Crippen molar-refractivity contribution in [2.24, 2.45) is 0 Å². The molecule has 154 valence electrons. The van der Waals surface area contributed by atoms with Gasteiger partial charge in [0.15, 0.2) is 0 Å². The van der Waals surface area contributed by atoms with Crippen LogP contribution in [-0.2, 0) is 30.5 Å². The number of amides is 2. The van der Waals surface area contributed by atoms with Gasteiger partial charge in [-0.1, -0.05) is 30.3 Å². The topological polar surface area (TPSA) is 131 Å². The first kappa shape index (κ1) is 22.9. The van der Waals surface area contributed by atoms with Gasteiger partial charge in [-0.2, -0.15) is 0 Å². The molecule has 1 aromatic rings. The number of ether oxygens (including phenoxy) is 2. The van der Waals surface area contributed by atoms with Crippen LogP contribution < -0.4 is 10.6 Å². The van der Waals surface area contributed by atoms with Gasteiger partial charge in [-0.15, -0.1) is 0 Å². The van der Waals surface area contributed by atoms with Gasteiger partial charge in [0, 0.05) is 6.42 Å². The first-order valence-corrected chi connectivity index (χ1v) is 8.75. The predicted octanol–water partition coefficient (Wildman–Crippen LogP) is 1.60. The Morgan fingerprint density at radius 2 is 1.75 bits per heavy atom. The minimum absolute atomic E-state index is 0.0490. The minimum atomic E-state index is -1.13. The second kappa shape index (κ2) is 10.9. The summed E-state index contributed by atoms with van der Waals surface area (Å²) in [6, 6.07) is 7.88. The van der Waals surface area contributed by atoms with Crippen molar-refractivity contribution in [3.63, 3.8) is 0 Å². The summed E-state index contributed by atoms with van der Waals surface area (Å²) in [4.78, 5) is 46.6. The zero-order valence-corrected chi connectivity index (χ0v) is 16.2. The van der Waals surface area contributed by atoms with E-state index < -0.39 is 42.1 Å². The van der Waals surface area contributed by atoms with E-state index in [1.54, 1.807) is 45.0 Å². The molecule has 1 rings (SSSR count). The molecule has 0 aliphatic rings. The Hall–Kier alpha value is -3.10. The maximum Gasteiger partial charge on any atom is 0.407 e. The maximum absolute atomic E-state index is 12.2. The van der Waals surface area contributed by atoms with E-state index in [4.69, 9.17) is 14.6 Å². The summed E-state index contributed by atoms with van der Waals surface area (Å²) in [5.74, 6) is -2.52. The second-order valence-corrected chi connectivity index (χ2v) is 7.00. The van der Waals surface area contributed by atoms with E-state index in [-0.39, 0.29) is 19.4 Å². The fourth-order valence-electron chi connectivity index (χ4n) is 2.06. The molecule has 9 heteroatoms. The van der Waals surface area contributed by atoms with Crippen molar-refractivity contribution in [1.29, 1.82) is 0 Å². The molecular weight excluding hydrogens is 368 g/mol. The van der Waals surface area contributed by atoms with Gasteiger partial charge in [0.25, 0.3) is 0 Å². The Labute approximate surface area is 163 Å². The number of carboxylic acid groups (broad SMARTS) is 1. The highest BCUT2D eigenvalue weighted by molar-refractivity contribution is 5.87. The molecule has 0 aliphatic heterocycles. The summed E-state index contributed by atoms with van der Waals surface area (Å²) in [6.45, 7) is 4.59. The number of esters is 1.